The molecule has 0 saturated carbocycles. The maximum Gasteiger partial charge on any atom is 0.0563 e. The van der Waals surface area contributed by atoms with Crippen molar-refractivity contribution < 1.29 is 15.3 Å². The molecule has 78 valence electrons. The standard InChI is InChI=1S/C4H10O.C3H8O.C2H6O/c1-4(2,3)5;1-3(2)4;1-2-3/h5H,1-3H3;3-4H,1-2H3;3H,2H2,1H3. The molecule has 0 fully saturated rings. The zero-order valence-electron chi connectivity index (χ0n) is 9.13. The van der Waals surface area contributed by atoms with Crippen molar-refractivity contribution in [3.05, 3.63) is 0 Å². The molecule has 0 aromatic heterocycles. The van der Waals surface area contributed by atoms with Crippen LogP contribution in [0.2, 0.25) is 0 Å². The van der Waals surface area contributed by atoms with E-state index in [4.69, 9.17) is 15.3 Å². The van der Waals surface area contributed by atoms with Crippen LogP contribution >= 0.6 is 0 Å². The average Bonchev–Trinajstić information content (AvgIpc) is 1.56. The monoisotopic (exact) mass is 180 g/mol. The molecule has 0 aromatic carbocycles. The molecule has 0 saturated heterocycles. The SMILES string of the molecule is CC(C)(C)O.CC(C)O.CCO. The van der Waals surface area contributed by atoms with Gasteiger partial charge in [0.05, 0.1) is 5.60 Å². The molecule has 0 aliphatic heterocycles. The van der Waals surface area contributed by atoms with Crippen LogP contribution in [0, 0.1) is 0 Å². The van der Waals surface area contributed by atoms with Gasteiger partial charge >= 0.3 is 0 Å². The number of aliphatic hydroxyl groups is 3. The largest absolute Gasteiger partial charge is 0.397 e. The molecule has 0 rings (SSSR count). The summed E-state index contributed by atoms with van der Waals surface area (Å²) >= 11 is 0. The second kappa shape index (κ2) is 10.9. The third-order valence-corrected chi connectivity index (χ3v) is 0. The second-order valence-corrected chi connectivity index (χ2v) is 3.58. The van der Waals surface area contributed by atoms with Gasteiger partial charge in [-0.3, -0.25) is 0 Å². The van der Waals surface area contributed by atoms with Gasteiger partial charge in [0.2, 0.25) is 0 Å². The zero-order valence-corrected chi connectivity index (χ0v) is 9.13. The molecule has 0 radical (unpaired) electrons. The lowest BCUT2D eigenvalue weighted by molar-refractivity contribution is 0.102. The Morgan fingerprint density at radius 3 is 1.17 bits per heavy atom. The summed E-state index contributed by atoms with van der Waals surface area (Å²) in [6.07, 6.45) is -0.167. The van der Waals surface area contributed by atoms with Crippen molar-refractivity contribution in [2.45, 2.75) is 53.2 Å². The average molecular weight is 180 g/mol. The van der Waals surface area contributed by atoms with E-state index in [1.165, 1.54) is 0 Å². The lowest BCUT2D eigenvalue weighted by atomic mass is 10.2. The summed E-state index contributed by atoms with van der Waals surface area (Å²) in [4.78, 5) is 0. The van der Waals surface area contributed by atoms with E-state index < -0.39 is 5.60 Å². The van der Waals surface area contributed by atoms with Crippen molar-refractivity contribution in [3.63, 3.8) is 0 Å². The van der Waals surface area contributed by atoms with E-state index in [9.17, 15) is 0 Å². The molecule has 0 aliphatic carbocycles. The Hall–Kier alpha value is -0.120. The van der Waals surface area contributed by atoms with Gasteiger partial charge in [0.15, 0.2) is 0 Å². The molecule has 3 N–H and O–H groups in total. The molecular formula is C9H24O3. The summed E-state index contributed by atoms with van der Waals surface area (Å²) in [6, 6.07) is 0. The van der Waals surface area contributed by atoms with E-state index in [1.807, 2.05) is 0 Å². The van der Waals surface area contributed by atoms with Crippen LogP contribution in [-0.2, 0) is 0 Å². The summed E-state index contributed by atoms with van der Waals surface area (Å²) in [5, 5.41) is 24.1. The van der Waals surface area contributed by atoms with E-state index in [0.29, 0.717) is 0 Å². The van der Waals surface area contributed by atoms with Crippen molar-refractivity contribution in [1.82, 2.24) is 0 Å². The third-order valence-electron chi connectivity index (χ3n) is 0. The minimum Gasteiger partial charge on any atom is -0.397 e. The normalized spacial score (nSPS) is 9.50. The van der Waals surface area contributed by atoms with Gasteiger partial charge in [-0.25, -0.2) is 0 Å². The van der Waals surface area contributed by atoms with Crippen molar-refractivity contribution in [1.29, 1.82) is 0 Å². The number of aliphatic hydroxyl groups excluding tert-OH is 2. The quantitative estimate of drug-likeness (QED) is 0.524. The predicted octanol–water partition coefficient (Wildman–Crippen LogP) is 1.16. The highest BCUT2D eigenvalue weighted by molar-refractivity contribution is 4.50. The molecule has 0 spiro atoms. The molecule has 0 unspecified atom stereocenters. The Bertz CT molecular complexity index is 55.9. The van der Waals surface area contributed by atoms with Gasteiger partial charge in [0.25, 0.3) is 0 Å². The van der Waals surface area contributed by atoms with E-state index in [2.05, 4.69) is 0 Å². The molecular weight excluding hydrogens is 156 g/mol. The Morgan fingerprint density at radius 1 is 1.17 bits per heavy atom. The summed E-state index contributed by atoms with van der Waals surface area (Å²) in [6.45, 7) is 10.6. The highest BCUT2D eigenvalue weighted by Gasteiger charge is 1.97. The van der Waals surface area contributed by atoms with Gasteiger partial charge in [0.1, 0.15) is 0 Å². The van der Waals surface area contributed by atoms with Crippen LogP contribution in [0.3, 0.4) is 0 Å². The minimum atomic E-state index is -0.500. The van der Waals surface area contributed by atoms with Crippen LogP contribution < -0.4 is 0 Å². The summed E-state index contributed by atoms with van der Waals surface area (Å²) in [5.41, 5.74) is -0.500. The lowest BCUT2D eigenvalue weighted by Crippen LogP contribution is -2.10. The summed E-state index contributed by atoms with van der Waals surface area (Å²) < 4.78 is 0. The molecule has 3 heteroatoms. The lowest BCUT2D eigenvalue weighted by Gasteiger charge is -2.04. The van der Waals surface area contributed by atoms with Crippen LogP contribution in [0.1, 0.15) is 41.5 Å². The van der Waals surface area contributed by atoms with Crippen LogP contribution in [-0.4, -0.2) is 33.6 Å². The van der Waals surface area contributed by atoms with Gasteiger partial charge in [0, 0.05) is 12.7 Å². The third kappa shape index (κ3) is 54100. The van der Waals surface area contributed by atoms with Crippen molar-refractivity contribution >= 4 is 0 Å². The van der Waals surface area contributed by atoms with E-state index in [-0.39, 0.29) is 12.7 Å². The fourth-order valence-corrected chi connectivity index (χ4v) is 0. The number of hydrogen-bond donors (Lipinski definition) is 3. The minimum absolute atomic E-state index is 0.167. The molecule has 3 nitrogen and oxygen atoms in total. The van der Waals surface area contributed by atoms with Gasteiger partial charge in [-0.2, -0.15) is 0 Å². The summed E-state index contributed by atoms with van der Waals surface area (Å²) in [5.74, 6) is 0. The fraction of sp³-hybridized carbons (Fsp3) is 1.00. The maximum atomic E-state index is 8.52. The van der Waals surface area contributed by atoms with Crippen molar-refractivity contribution in [3.8, 4) is 0 Å². The van der Waals surface area contributed by atoms with Gasteiger partial charge < -0.3 is 15.3 Å². The topological polar surface area (TPSA) is 60.7 Å². The molecule has 12 heavy (non-hydrogen) atoms. The predicted molar refractivity (Wildman–Crippen MR) is 52.1 cm³/mol. The zero-order chi connectivity index (χ0) is 10.8. The number of hydrogen-bond acceptors (Lipinski definition) is 3. The second-order valence-electron chi connectivity index (χ2n) is 3.58. The highest BCUT2D eigenvalue weighted by atomic mass is 16.3. The van der Waals surface area contributed by atoms with Crippen LogP contribution in [0.4, 0.5) is 0 Å². The Labute approximate surface area is 76.1 Å². The molecule has 0 aliphatic rings. The first kappa shape index (κ1) is 17.8. The van der Waals surface area contributed by atoms with E-state index in [1.54, 1.807) is 41.5 Å². The van der Waals surface area contributed by atoms with Gasteiger partial charge in [-0.15, -0.1) is 0 Å². The van der Waals surface area contributed by atoms with Gasteiger partial charge in [-0.05, 0) is 41.5 Å². The van der Waals surface area contributed by atoms with Crippen LogP contribution in [0.5, 0.6) is 0 Å². The van der Waals surface area contributed by atoms with Crippen LogP contribution in [0.25, 0.3) is 0 Å². The van der Waals surface area contributed by atoms with Crippen LogP contribution in [0.15, 0.2) is 0 Å². The highest BCUT2D eigenvalue weighted by Crippen LogP contribution is 1.93. The molecule has 0 amide bonds. The fourth-order valence-electron chi connectivity index (χ4n) is 0. The molecule has 0 aromatic rings. The number of rotatable bonds is 0. The first-order valence-corrected chi connectivity index (χ1v) is 4.16. The van der Waals surface area contributed by atoms with E-state index in [0.717, 1.165) is 0 Å². The molecule has 0 heterocycles. The van der Waals surface area contributed by atoms with E-state index >= 15 is 0 Å². The molecule has 0 bridgehead atoms. The van der Waals surface area contributed by atoms with Crippen molar-refractivity contribution in [2.75, 3.05) is 6.61 Å². The molecule has 0 atom stereocenters. The Morgan fingerprint density at radius 2 is 1.17 bits per heavy atom. The smallest absolute Gasteiger partial charge is 0.0563 e. The maximum absolute atomic E-state index is 8.52. The Kier molecular flexibility index (Phi) is 16.2. The summed E-state index contributed by atoms with van der Waals surface area (Å²) in [7, 11) is 0. The van der Waals surface area contributed by atoms with Crippen molar-refractivity contribution in [2.24, 2.45) is 0 Å². The first-order valence-electron chi connectivity index (χ1n) is 4.16. The van der Waals surface area contributed by atoms with Gasteiger partial charge in [-0.1, -0.05) is 0 Å². The first-order chi connectivity index (χ1) is 5.15. The Balaban J connectivity index is -0.000000105.